The first kappa shape index (κ1) is 15.9. The normalized spacial score (nSPS) is 24.3. The highest BCUT2D eigenvalue weighted by atomic mass is 16.5. The Labute approximate surface area is 113 Å². The van der Waals surface area contributed by atoms with Crippen molar-refractivity contribution >= 4 is 0 Å². The summed E-state index contributed by atoms with van der Waals surface area (Å²) < 4.78 is 5.21. The van der Waals surface area contributed by atoms with Gasteiger partial charge < -0.3 is 15.0 Å². The van der Waals surface area contributed by atoms with Gasteiger partial charge in [0.2, 0.25) is 0 Å². The molecule has 0 spiro atoms. The standard InChI is InChI=1S/C15H32N2O/c1-13(2)12-17(10-11-18-4)9-8-14-6-5-7-15(14)16-3/h13-16H,5-12H2,1-4H3. The van der Waals surface area contributed by atoms with E-state index in [1.54, 1.807) is 7.11 Å². The van der Waals surface area contributed by atoms with E-state index in [4.69, 9.17) is 4.74 Å². The fourth-order valence-corrected chi connectivity index (χ4v) is 3.14. The van der Waals surface area contributed by atoms with Gasteiger partial charge in [-0.2, -0.15) is 0 Å². The summed E-state index contributed by atoms with van der Waals surface area (Å²) in [7, 11) is 3.90. The molecule has 0 aliphatic heterocycles. The summed E-state index contributed by atoms with van der Waals surface area (Å²) in [4.78, 5) is 2.57. The first-order valence-corrected chi connectivity index (χ1v) is 7.56. The Morgan fingerprint density at radius 3 is 2.67 bits per heavy atom. The fraction of sp³-hybridized carbons (Fsp3) is 1.00. The number of ether oxygens (including phenoxy) is 1. The van der Waals surface area contributed by atoms with Crippen molar-refractivity contribution in [1.82, 2.24) is 10.2 Å². The molecule has 3 heteroatoms. The molecule has 0 radical (unpaired) electrons. The Kier molecular flexibility index (Phi) is 7.87. The van der Waals surface area contributed by atoms with Gasteiger partial charge in [-0.05, 0) is 44.7 Å². The summed E-state index contributed by atoms with van der Waals surface area (Å²) in [6.45, 7) is 8.95. The molecule has 108 valence electrons. The highest BCUT2D eigenvalue weighted by Gasteiger charge is 2.25. The lowest BCUT2D eigenvalue weighted by molar-refractivity contribution is 0.134. The summed E-state index contributed by atoms with van der Waals surface area (Å²) in [5.74, 6) is 1.62. The SMILES string of the molecule is CNC1CCCC1CCN(CCOC)CC(C)C. The van der Waals surface area contributed by atoms with Crippen LogP contribution in [0.3, 0.4) is 0 Å². The molecule has 1 rings (SSSR count). The van der Waals surface area contributed by atoms with E-state index in [-0.39, 0.29) is 0 Å². The zero-order valence-corrected chi connectivity index (χ0v) is 12.7. The average molecular weight is 256 g/mol. The third kappa shape index (κ3) is 5.68. The molecule has 0 bridgehead atoms. The van der Waals surface area contributed by atoms with Crippen LogP contribution in [-0.2, 0) is 4.74 Å². The molecule has 0 saturated heterocycles. The summed E-state index contributed by atoms with van der Waals surface area (Å²) in [5, 5.41) is 3.48. The fourth-order valence-electron chi connectivity index (χ4n) is 3.14. The van der Waals surface area contributed by atoms with E-state index in [9.17, 15) is 0 Å². The van der Waals surface area contributed by atoms with E-state index in [2.05, 4.69) is 31.1 Å². The summed E-state index contributed by atoms with van der Waals surface area (Å²) in [6, 6.07) is 0.758. The Balaban J connectivity index is 2.30. The summed E-state index contributed by atoms with van der Waals surface area (Å²) >= 11 is 0. The molecule has 2 atom stereocenters. The summed E-state index contributed by atoms with van der Waals surface area (Å²) in [5.41, 5.74) is 0. The van der Waals surface area contributed by atoms with Gasteiger partial charge in [0.1, 0.15) is 0 Å². The third-order valence-corrected chi connectivity index (χ3v) is 4.08. The first-order valence-electron chi connectivity index (χ1n) is 7.56. The molecule has 3 nitrogen and oxygen atoms in total. The van der Waals surface area contributed by atoms with Gasteiger partial charge in [0.25, 0.3) is 0 Å². The second-order valence-electron chi connectivity index (χ2n) is 6.06. The van der Waals surface area contributed by atoms with Gasteiger partial charge in [-0.3, -0.25) is 0 Å². The molecule has 1 N–H and O–H groups in total. The topological polar surface area (TPSA) is 24.5 Å². The maximum absolute atomic E-state index is 5.21. The van der Waals surface area contributed by atoms with Crippen LogP contribution in [0.1, 0.15) is 39.5 Å². The summed E-state index contributed by atoms with van der Waals surface area (Å²) in [6.07, 6.45) is 5.51. The minimum atomic E-state index is 0.741. The number of rotatable bonds is 9. The quantitative estimate of drug-likeness (QED) is 0.685. The van der Waals surface area contributed by atoms with Gasteiger partial charge in [0.05, 0.1) is 6.61 Å². The van der Waals surface area contributed by atoms with Crippen molar-refractivity contribution in [2.75, 3.05) is 40.4 Å². The second-order valence-corrected chi connectivity index (χ2v) is 6.06. The lowest BCUT2D eigenvalue weighted by Crippen LogP contribution is -2.35. The molecule has 0 amide bonds. The molecule has 0 aromatic rings. The molecule has 1 fully saturated rings. The largest absolute Gasteiger partial charge is 0.383 e. The zero-order valence-electron chi connectivity index (χ0n) is 12.7. The van der Waals surface area contributed by atoms with Crippen LogP contribution in [0.5, 0.6) is 0 Å². The molecule has 18 heavy (non-hydrogen) atoms. The molecule has 1 aliphatic rings. The van der Waals surface area contributed by atoms with Crippen molar-refractivity contribution in [3.05, 3.63) is 0 Å². The van der Waals surface area contributed by atoms with Crippen molar-refractivity contribution in [1.29, 1.82) is 0 Å². The molecular weight excluding hydrogens is 224 g/mol. The highest BCUT2D eigenvalue weighted by Crippen LogP contribution is 2.28. The van der Waals surface area contributed by atoms with Crippen LogP contribution < -0.4 is 5.32 Å². The van der Waals surface area contributed by atoms with Crippen molar-refractivity contribution in [3.8, 4) is 0 Å². The van der Waals surface area contributed by atoms with Gasteiger partial charge in [0.15, 0.2) is 0 Å². The molecule has 0 aromatic heterocycles. The second kappa shape index (κ2) is 8.89. The van der Waals surface area contributed by atoms with Gasteiger partial charge in [-0.25, -0.2) is 0 Å². The van der Waals surface area contributed by atoms with Crippen LogP contribution in [0.25, 0.3) is 0 Å². The van der Waals surface area contributed by atoms with Gasteiger partial charge in [-0.1, -0.05) is 20.3 Å². The van der Waals surface area contributed by atoms with Crippen molar-refractivity contribution in [2.45, 2.75) is 45.6 Å². The van der Waals surface area contributed by atoms with Gasteiger partial charge >= 0.3 is 0 Å². The number of nitrogens with zero attached hydrogens (tertiary/aromatic N) is 1. The van der Waals surface area contributed by atoms with Crippen molar-refractivity contribution in [3.63, 3.8) is 0 Å². The molecule has 0 aromatic carbocycles. The maximum Gasteiger partial charge on any atom is 0.0589 e. The van der Waals surface area contributed by atoms with Crippen LogP contribution in [0.15, 0.2) is 0 Å². The van der Waals surface area contributed by atoms with E-state index in [0.717, 1.165) is 31.0 Å². The number of hydrogen-bond donors (Lipinski definition) is 1. The van der Waals surface area contributed by atoms with Crippen molar-refractivity contribution < 1.29 is 4.74 Å². The van der Waals surface area contributed by atoms with E-state index >= 15 is 0 Å². The van der Waals surface area contributed by atoms with Gasteiger partial charge in [0, 0.05) is 26.2 Å². The van der Waals surface area contributed by atoms with Crippen molar-refractivity contribution in [2.24, 2.45) is 11.8 Å². The maximum atomic E-state index is 5.21. The zero-order chi connectivity index (χ0) is 13.4. The van der Waals surface area contributed by atoms with Crippen LogP contribution >= 0.6 is 0 Å². The minimum absolute atomic E-state index is 0.741. The number of nitrogens with one attached hydrogen (secondary N) is 1. The van der Waals surface area contributed by atoms with E-state index < -0.39 is 0 Å². The number of hydrogen-bond acceptors (Lipinski definition) is 3. The molecule has 1 saturated carbocycles. The predicted molar refractivity (Wildman–Crippen MR) is 78.0 cm³/mol. The molecule has 2 unspecified atom stereocenters. The van der Waals surface area contributed by atoms with Gasteiger partial charge in [-0.15, -0.1) is 0 Å². The molecule has 0 heterocycles. The highest BCUT2D eigenvalue weighted by molar-refractivity contribution is 4.82. The van der Waals surface area contributed by atoms with E-state index in [1.807, 2.05) is 0 Å². The lowest BCUT2D eigenvalue weighted by atomic mass is 9.99. The smallest absolute Gasteiger partial charge is 0.0589 e. The Morgan fingerprint density at radius 2 is 2.06 bits per heavy atom. The third-order valence-electron chi connectivity index (χ3n) is 4.08. The first-order chi connectivity index (χ1) is 8.67. The van der Waals surface area contributed by atoms with Crippen LogP contribution in [0, 0.1) is 11.8 Å². The molecule has 1 aliphatic carbocycles. The lowest BCUT2D eigenvalue weighted by Gasteiger charge is -2.27. The Morgan fingerprint density at radius 1 is 1.28 bits per heavy atom. The minimum Gasteiger partial charge on any atom is -0.383 e. The molecular formula is C15H32N2O. The Hall–Kier alpha value is -0.120. The van der Waals surface area contributed by atoms with Crippen LogP contribution in [0.4, 0.5) is 0 Å². The van der Waals surface area contributed by atoms with E-state index in [1.165, 1.54) is 38.8 Å². The van der Waals surface area contributed by atoms with Crippen LogP contribution in [-0.4, -0.2) is 51.3 Å². The Bertz CT molecular complexity index is 209. The monoisotopic (exact) mass is 256 g/mol. The van der Waals surface area contributed by atoms with Crippen LogP contribution in [0.2, 0.25) is 0 Å². The predicted octanol–water partition coefficient (Wildman–Crippen LogP) is 2.37. The van der Waals surface area contributed by atoms with E-state index in [0.29, 0.717) is 0 Å². The number of methoxy groups -OCH3 is 1. The average Bonchev–Trinajstić information content (AvgIpc) is 2.79.